The molecule has 0 saturated carbocycles. The number of hydrogen-bond acceptors (Lipinski definition) is 3. The lowest BCUT2D eigenvalue weighted by Crippen LogP contribution is -2.04. The van der Waals surface area contributed by atoms with Crippen molar-refractivity contribution in [2.24, 2.45) is 5.10 Å². The number of rotatable bonds is 4. The van der Waals surface area contributed by atoms with Crippen LogP contribution in [0, 0.1) is 0 Å². The van der Waals surface area contributed by atoms with E-state index in [0.29, 0.717) is 20.8 Å². The lowest BCUT2D eigenvalue weighted by Gasteiger charge is -2.10. The Hall–Kier alpha value is -1.42. The second-order valence-corrected chi connectivity index (χ2v) is 5.65. The Bertz CT molecular complexity index is 684. The van der Waals surface area contributed by atoms with Gasteiger partial charge in [-0.15, -0.1) is 0 Å². The molecule has 21 heavy (non-hydrogen) atoms. The molecule has 0 atom stereocenters. The summed E-state index contributed by atoms with van der Waals surface area (Å²) in [6.07, 6.45) is 0. The lowest BCUT2D eigenvalue weighted by atomic mass is 10.1. The molecule has 0 radical (unpaired) electrons. The number of halogens is 3. The van der Waals surface area contributed by atoms with Crippen LogP contribution in [0.3, 0.4) is 0 Å². The quantitative estimate of drug-likeness (QED) is 0.566. The fraction of sp³-hybridized carbons (Fsp3) is 0.133. The number of benzene rings is 2. The molecule has 0 bridgehead atoms. The molecule has 0 heterocycles. The highest BCUT2D eigenvalue weighted by Crippen LogP contribution is 2.26. The van der Waals surface area contributed by atoms with Crippen LogP contribution in [0.5, 0.6) is 0 Å². The molecular weight excluding hydrogens is 329 g/mol. The van der Waals surface area contributed by atoms with E-state index in [-0.39, 0.29) is 0 Å². The zero-order chi connectivity index (χ0) is 15.4. The molecule has 0 aliphatic carbocycles. The molecular formula is C15H14Cl3N3. The first kappa shape index (κ1) is 16.0. The molecule has 0 fully saturated rings. The van der Waals surface area contributed by atoms with Crippen LogP contribution in [0.2, 0.25) is 15.1 Å². The summed E-state index contributed by atoms with van der Waals surface area (Å²) in [6, 6.07) is 10.8. The average molecular weight is 343 g/mol. The molecule has 2 aromatic carbocycles. The van der Waals surface area contributed by atoms with E-state index in [2.05, 4.69) is 15.8 Å². The van der Waals surface area contributed by atoms with Gasteiger partial charge in [0.2, 0.25) is 0 Å². The topological polar surface area (TPSA) is 36.4 Å². The number of hydrogen-bond donors (Lipinski definition) is 2. The Morgan fingerprint density at radius 1 is 0.952 bits per heavy atom. The van der Waals surface area contributed by atoms with Crippen molar-refractivity contribution in [1.29, 1.82) is 0 Å². The fourth-order valence-corrected chi connectivity index (χ4v) is 2.44. The van der Waals surface area contributed by atoms with Gasteiger partial charge in [0, 0.05) is 28.3 Å². The molecule has 2 aromatic rings. The van der Waals surface area contributed by atoms with Crippen LogP contribution >= 0.6 is 34.8 Å². The summed E-state index contributed by atoms with van der Waals surface area (Å²) in [7, 11) is 1.85. The number of nitrogens with one attached hydrogen (secondary N) is 2. The van der Waals surface area contributed by atoms with E-state index in [9.17, 15) is 0 Å². The van der Waals surface area contributed by atoms with Gasteiger partial charge in [-0.3, -0.25) is 5.43 Å². The highest BCUT2D eigenvalue weighted by molar-refractivity contribution is 6.36. The van der Waals surface area contributed by atoms with E-state index < -0.39 is 0 Å². The maximum absolute atomic E-state index is 6.09. The smallest absolute Gasteiger partial charge is 0.0749 e. The lowest BCUT2D eigenvalue weighted by molar-refractivity contribution is 1.32. The molecule has 110 valence electrons. The van der Waals surface area contributed by atoms with Gasteiger partial charge in [0.1, 0.15) is 0 Å². The van der Waals surface area contributed by atoms with Gasteiger partial charge in [-0.05, 0) is 43.3 Å². The zero-order valence-electron chi connectivity index (χ0n) is 11.5. The van der Waals surface area contributed by atoms with Gasteiger partial charge < -0.3 is 5.32 Å². The largest absolute Gasteiger partial charge is 0.388 e. The second kappa shape index (κ2) is 7.03. The van der Waals surface area contributed by atoms with E-state index >= 15 is 0 Å². The van der Waals surface area contributed by atoms with Crippen LogP contribution in [-0.4, -0.2) is 12.8 Å². The summed E-state index contributed by atoms with van der Waals surface area (Å²) in [6.45, 7) is 1.89. The molecule has 0 saturated heterocycles. The van der Waals surface area contributed by atoms with Crippen LogP contribution < -0.4 is 10.7 Å². The van der Waals surface area contributed by atoms with Crippen molar-refractivity contribution >= 4 is 51.9 Å². The molecule has 0 spiro atoms. The average Bonchev–Trinajstić information content (AvgIpc) is 2.46. The summed E-state index contributed by atoms with van der Waals surface area (Å²) >= 11 is 18.0. The first-order chi connectivity index (χ1) is 10.0. The van der Waals surface area contributed by atoms with Crippen LogP contribution in [0.4, 0.5) is 11.4 Å². The van der Waals surface area contributed by atoms with Crippen molar-refractivity contribution in [3.05, 3.63) is 57.0 Å². The summed E-state index contributed by atoms with van der Waals surface area (Å²) in [4.78, 5) is 0. The van der Waals surface area contributed by atoms with Crippen molar-refractivity contribution in [3.8, 4) is 0 Å². The van der Waals surface area contributed by atoms with Crippen LogP contribution in [-0.2, 0) is 0 Å². The predicted molar refractivity (Wildman–Crippen MR) is 93.3 cm³/mol. The monoisotopic (exact) mass is 341 g/mol. The highest BCUT2D eigenvalue weighted by atomic mass is 35.5. The molecule has 0 amide bonds. The van der Waals surface area contributed by atoms with Gasteiger partial charge in [-0.2, -0.15) is 5.10 Å². The van der Waals surface area contributed by atoms with Gasteiger partial charge in [0.05, 0.1) is 16.4 Å². The minimum absolute atomic E-state index is 0.513. The van der Waals surface area contributed by atoms with E-state index in [1.54, 1.807) is 18.2 Å². The molecule has 3 nitrogen and oxygen atoms in total. The summed E-state index contributed by atoms with van der Waals surface area (Å²) in [5, 5.41) is 9.21. The van der Waals surface area contributed by atoms with Crippen LogP contribution in [0.1, 0.15) is 12.5 Å². The van der Waals surface area contributed by atoms with Gasteiger partial charge in [0.15, 0.2) is 0 Å². The highest BCUT2D eigenvalue weighted by Gasteiger charge is 2.06. The molecule has 2 rings (SSSR count). The number of nitrogens with zero attached hydrogens (tertiary/aromatic N) is 1. The second-order valence-electron chi connectivity index (χ2n) is 4.37. The Morgan fingerprint density at radius 2 is 1.57 bits per heavy atom. The minimum atomic E-state index is 0.513. The fourth-order valence-electron chi connectivity index (χ4n) is 1.82. The van der Waals surface area contributed by atoms with Gasteiger partial charge in [-0.25, -0.2) is 0 Å². The maximum Gasteiger partial charge on any atom is 0.0749 e. The normalized spacial score (nSPS) is 11.4. The van der Waals surface area contributed by atoms with E-state index in [0.717, 1.165) is 17.0 Å². The molecule has 2 N–H and O–H groups in total. The predicted octanol–water partition coefficient (Wildman–Crippen LogP) is 5.52. The van der Waals surface area contributed by atoms with E-state index in [1.165, 1.54) is 0 Å². The molecule has 0 aromatic heterocycles. The Balaban J connectivity index is 2.27. The minimum Gasteiger partial charge on any atom is -0.388 e. The van der Waals surface area contributed by atoms with E-state index in [1.807, 2.05) is 32.2 Å². The first-order valence-electron chi connectivity index (χ1n) is 6.24. The van der Waals surface area contributed by atoms with Crippen molar-refractivity contribution in [1.82, 2.24) is 0 Å². The van der Waals surface area contributed by atoms with Crippen molar-refractivity contribution in [2.45, 2.75) is 6.92 Å². The Labute approximate surface area is 138 Å². The number of hydrazone groups is 1. The van der Waals surface area contributed by atoms with Crippen molar-refractivity contribution < 1.29 is 0 Å². The third-order valence-corrected chi connectivity index (χ3v) is 3.70. The third kappa shape index (κ3) is 4.03. The van der Waals surface area contributed by atoms with Gasteiger partial charge >= 0.3 is 0 Å². The SMILES string of the molecule is CNc1ccc(Cl)cc1/C(C)=N\Nc1ccc(Cl)cc1Cl. The molecule has 0 unspecified atom stereocenters. The maximum atomic E-state index is 6.09. The summed E-state index contributed by atoms with van der Waals surface area (Å²) < 4.78 is 0. The molecule has 6 heteroatoms. The molecule has 0 aliphatic rings. The van der Waals surface area contributed by atoms with Crippen LogP contribution in [0.15, 0.2) is 41.5 Å². The van der Waals surface area contributed by atoms with Crippen molar-refractivity contribution in [3.63, 3.8) is 0 Å². The zero-order valence-corrected chi connectivity index (χ0v) is 13.8. The van der Waals surface area contributed by atoms with E-state index in [4.69, 9.17) is 34.8 Å². The number of anilines is 2. The van der Waals surface area contributed by atoms with Crippen molar-refractivity contribution in [2.75, 3.05) is 17.8 Å². The summed E-state index contributed by atoms with van der Waals surface area (Å²) in [5.41, 5.74) is 6.28. The van der Waals surface area contributed by atoms with Gasteiger partial charge in [0.25, 0.3) is 0 Å². The Kier molecular flexibility index (Phi) is 5.34. The molecule has 0 aliphatic heterocycles. The third-order valence-electron chi connectivity index (χ3n) is 2.92. The van der Waals surface area contributed by atoms with Gasteiger partial charge in [-0.1, -0.05) is 34.8 Å². The summed E-state index contributed by atoms with van der Waals surface area (Å²) in [5.74, 6) is 0. The Morgan fingerprint density at radius 3 is 2.19 bits per heavy atom. The van der Waals surface area contributed by atoms with Crippen LogP contribution in [0.25, 0.3) is 0 Å². The standard InChI is InChI=1S/C15H14Cl3N3/c1-9(12-7-10(16)3-5-14(12)19-2)20-21-15-6-4-11(17)8-13(15)18/h3-8,19,21H,1-2H3/b20-9-. The first-order valence-corrected chi connectivity index (χ1v) is 7.37.